The van der Waals surface area contributed by atoms with E-state index >= 15 is 0 Å². The van der Waals surface area contributed by atoms with Crippen molar-refractivity contribution in [3.8, 4) is 17.3 Å². The Morgan fingerprint density at radius 2 is 2.00 bits per heavy atom. The van der Waals surface area contributed by atoms with Gasteiger partial charge in [-0.1, -0.05) is 29.3 Å². The zero-order chi connectivity index (χ0) is 13.3. The molecule has 7 heteroatoms. The summed E-state index contributed by atoms with van der Waals surface area (Å²) in [6.45, 7) is 0. The van der Waals surface area contributed by atoms with Crippen molar-refractivity contribution in [1.29, 1.82) is 5.26 Å². The first-order valence-electron chi connectivity index (χ1n) is 4.76. The number of nitriles is 1. The monoisotopic (exact) mass is 281 g/mol. The average molecular weight is 282 g/mol. The van der Waals surface area contributed by atoms with Gasteiger partial charge in [-0.15, -0.1) is 0 Å². The van der Waals surface area contributed by atoms with Crippen molar-refractivity contribution >= 4 is 28.9 Å². The number of aromatic nitrogens is 1. The zero-order valence-corrected chi connectivity index (χ0v) is 10.3. The second-order valence-electron chi connectivity index (χ2n) is 3.44. The minimum absolute atomic E-state index is 0.114. The molecule has 5 nitrogen and oxygen atoms in total. The molecule has 0 aliphatic carbocycles. The summed E-state index contributed by atoms with van der Waals surface area (Å²) in [5.41, 5.74) is 0.667. The van der Waals surface area contributed by atoms with Crippen LogP contribution in [0.4, 0.5) is 5.69 Å². The summed E-state index contributed by atoms with van der Waals surface area (Å²) in [4.78, 5) is 13.0. The number of rotatable bonds is 2. The summed E-state index contributed by atoms with van der Waals surface area (Å²) in [5.74, 6) is 0. The van der Waals surface area contributed by atoms with Crippen LogP contribution in [-0.2, 0) is 0 Å². The minimum atomic E-state index is -0.560. The number of nitro groups is 1. The van der Waals surface area contributed by atoms with Crippen molar-refractivity contribution in [3.05, 3.63) is 50.1 Å². The molecule has 0 bridgehead atoms. The Morgan fingerprint density at radius 1 is 1.28 bits per heavy atom. The van der Waals surface area contributed by atoms with E-state index in [0.29, 0.717) is 10.6 Å². The molecular formula is C11H5Cl2N3O2. The largest absolute Gasteiger partial charge is 0.341 e. The molecule has 2 rings (SSSR count). The number of halogens is 2. The molecule has 1 N–H and O–H groups in total. The highest BCUT2D eigenvalue weighted by Gasteiger charge is 2.20. The highest BCUT2D eigenvalue weighted by molar-refractivity contribution is 6.42. The molecule has 1 heterocycles. The van der Waals surface area contributed by atoms with E-state index in [1.165, 1.54) is 18.2 Å². The van der Waals surface area contributed by atoms with Gasteiger partial charge < -0.3 is 4.98 Å². The zero-order valence-electron chi connectivity index (χ0n) is 8.78. The molecule has 0 spiro atoms. The third-order valence-corrected chi connectivity index (χ3v) is 3.06. The van der Waals surface area contributed by atoms with E-state index in [-0.39, 0.29) is 22.1 Å². The van der Waals surface area contributed by atoms with Crippen molar-refractivity contribution in [1.82, 2.24) is 4.98 Å². The Kier molecular flexibility index (Phi) is 3.24. The molecule has 1 aromatic heterocycles. The molecule has 0 unspecified atom stereocenters. The van der Waals surface area contributed by atoms with E-state index in [1.807, 2.05) is 6.07 Å². The van der Waals surface area contributed by atoms with Crippen LogP contribution in [0.2, 0.25) is 10.0 Å². The number of H-pyrrole nitrogens is 1. The van der Waals surface area contributed by atoms with Crippen LogP contribution in [-0.4, -0.2) is 9.91 Å². The van der Waals surface area contributed by atoms with Gasteiger partial charge in [0.05, 0.1) is 21.0 Å². The Bertz CT molecular complexity index is 673. The molecule has 0 saturated carbocycles. The molecule has 18 heavy (non-hydrogen) atoms. The van der Waals surface area contributed by atoms with E-state index in [2.05, 4.69) is 4.98 Å². The highest BCUT2D eigenvalue weighted by atomic mass is 35.5. The van der Waals surface area contributed by atoms with E-state index in [1.54, 1.807) is 6.07 Å². The molecule has 0 atom stereocenters. The van der Waals surface area contributed by atoms with E-state index in [4.69, 9.17) is 28.5 Å². The van der Waals surface area contributed by atoms with Crippen LogP contribution in [0.15, 0.2) is 24.3 Å². The first kappa shape index (κ1) is 12.4. The lowest BCUT2D eigenvalue weighted by Crippen LogP contribution is -1.89. The third-order valence-electron chi connectivity index (χ3n) is 2.32. The lowest BCUT2D eigenvalue weighted by Gasteiger charge is -2.01. The van der Waals surface area contributed by atoms with E-state index < -0.39 is 4.92 Å². The quantitative estimate of drug-likeness (QED) is 0.672. The van der Waals surface area contributed by atoms with Crippen LogP contribution in [0.1, 0.15) is 5.69 Å². The molecule has 0 aliphatic heterocycles. The second kappa shape index (κ2) is 4.69. The number of benzene rings is 1. The van der Waals surface area contributed by atoms with Crippen LogP contribution >= 0.6 is 23.2 Å². The lowest BCUT2D eigenvalue weighted by atomic mass is 10.1. The van der Waals surface area contributed by atoms with Gasteiger partial charge in [0.15, 0.2) is 0 Å². The van der Waals surface area contributed by atoms with Gasteiger partial charge in [0.2, 0.25) is 0 Å². The summed E-state index contributed by atoms with van der Waals surface area (Å²) >= 11 is 11.6. The van der Waals surface area contributed by atoms with Gasteiger partial charge in [-0.25, -0.2) is 0 Å². The molecular weight excluding hydrogens is 277 g/mol. The topological polar surface area (TPSA) is 82.7 Å². The maximum atomic E-state index is 10.9. The Hall–Kier alpha value is -2.03. The average Bonchev–Trinajstić information content (AvgIpc) is 2.77. The Balaban J connectivity index is 2.63. The van der Waals surface area contributed by atoms with Gasteiger partial charge >= 0.3 is 0 Å². The van der Waals surface area contributed by atoms with Crippen LogP contribution in [0.3, 0.4) is 0 Å². The lowest BCUT2D eigenvalue weighted by molar-refractivity contribution is -0.384. The molecule has 1 aromatic carbocycles. The standard InChI is InChI=1S/C11H5Cl2N3O2/c12-8-2-1-6(3-9(8)13)11-10(16(17)18)4-7(5-14)15-11/h1-4,15H. The van der Waals surface area contributed by atoms with E-state index in [0.717, 1.165) is 0 Å². The van der Waals surface area contributed by atoms with Gasteiger partial charge in [0.1, 0.15) is 17.5 Å². The van der Waals surface area contributed by atoms with Gasteiger partial charge in [0, 0.05) is 5.56 Å². The van der Waals surface area contributed by atoms with Crippen molar-refractivity contribution in [2.24, 2.45) is 0 Å². The summed E-state index contributed by atoms with van der Waals surface area (Å²) in [6, 6.07) is 7.63. The predicted molar refractivity (Wildman–Crippen MR) is 67.6 cm³/mol. The number of nitrogens with one attached hydrogen (secondary N) is 1. The molecule has 0 amide bonds. The fraction of sp³-hybridized carbons (Fsp3) is 0. The number of hydrogen-bond donors (Lipinski definition) is 1. The fourth-order valence-corrected chi connectivity index (χ4v) is 1.82. The van der Waals surface area contributed by atoms with Crippen LogP contribution in [0, 0.1) is 21.4 Å². The number of aromatic amines is 1. The van der Waals surface area contributed by atoms with Crippen molar-refractivity contribution in [3.63, 3.8) is 0 Å². The molecule has 0 radical (unpaired) electrons. The maximum Gasteiger partial charge on any atom is 0.296 e. The fourth-order valence-electron chi connectivity index (χ4n) is 1.52. The maximum absolute atomic E-state index is 10.9. The summed E-state index contributed by atoms with van der Waals surface area (Å²) in [7, 11) is 0. The third kappa shape index (κ3) is 2.16. The summed E-state index contributed by atoms with van der Waals surface area (Å²) in [6.07, 6.45) is 0. The van der Waals surface area contributed by atoms with Gasteiger partial charge in [-0.3, -0.25) is 10.1 Å². The number of hydrogen-bond acceptors (Lipinski definition) is 3. The molecule has 0 saturated heterocycles. The van der Waals surface area contributed by atoms with Gasteiger partial charge in [0.25, 0.3) is 5.69 Å². The van der Waals surface area contributed by atoms with Crippen molar-refractivity contribution in [2.45, 2.75) is 0 Å². The molecule has 2 aromatic rings. The smallest absolute Gasteiger partial charge is 0.296 e. The highest BCUT2D eigenvalue weighted by Crippen LogP contribution is 2.33. The van der Waals surface area contributed by atoms with Gasteiger partial charge in [-0.2, -0.15) is 5.26 Å². The SMILES string of the molecule is N#Cc1cc([N+](=O)[O-])c(-c2ccc(Cl)c(Cl)c2)[nH]1. The summed E-state index contributed by atoms with van der Waals surface area (Å²) in [5, 5.41) is 20.3. The molecule has 90 valence electrons. The second-order valence-corrected chi connectivity index (χ2v) is 4.26. The van der Waals surface area contributed by atoms with Crippen LogP contribution in [0.25, 0.3) is 11.3 Å². The van der Waals surface area contributed by atoms with Crippen molar-refractivity contribution in [2.75, 3.05) is 0 Å². The van der Waals surface area contributed by atoms with Crippen molar-refractivity contribution < 1.29 is 4.92 Å². The van der Waals surface area contributed by atoms with Crippen LogP contribution in [0.5, 0.6) is 0 Å². The summed E-state index contributed by atoms with van der Waals surface area (Å²) < 4.78 is 0. The first-order chi connectivity index (χ1) is 8.52. The molecule has 0 fully saturated rings. The minimum Gasteiger partial charge on any atom is -0.341 e. The Labute approximate surface area is 112 Å². The predicted octanol–water partition coefficient (Wildman–Crippen LogP) is 3.77. The van der Waals surface area contributed by atoms with Gasteiger partial charge in [-0.05, 0) is 12.1 Å². The van der Waals surface area contributed by atoms with E-state index in [9.17, 15) is 10.1 Å². The Morgan fingerprint density at radius 3 is 2.56 bits per heavy atom. The normalized spacial score (nSPS) is 10.1. The number of nitrogens with zero attached hydrogens (tertiary/aromatic N) is 2. The molecule has 0 aliphatic rings. The first-order valence-corrected chi connectivity index (χ1v) is 5.51. The van der Waals surface area contributed by atoms with Crippen LogP contribution < -0.4 is 0 Å².